The van der Waals surface area contributed by atoms with Gasteiger partial charge in [0, 0.05) is 46.5 Å². The third-order valence-electron chi connectivity index (χ3n) is 6.40. The highest BCUT2D eigenvalue weighted by Crippen LogP contribution is 2.43. The number of rotatable bonds is 5. The van der Waals surface area contributed by atoms with E-state index in [4.69, 9.17) is 4.42 Å². The summed E-state index contributed by atoms with van der Waals surface area (Å²) >= 11 is 0. The van der Waals surface area contributed by atoms with Crippen molar-refractivity contribution in [3.63, 3.8) is 0 Å². The van der Waals surface area contributed by atoms with E-state index in [1.54, 1.807) is 20.8 Å². The lowest BCUT2D eigenvalue weighted by molar-refractivity contribution is -0.117. The van der Waals surface area contributed by atoms with Gasteiger partial charge in [0.25, 0.3) is 0 Å². The minimum atomic E-state index is -0.797. The van der Waals surface area contributed by atoms with Gasteiger partial charge >= 0.3 is 0 Å². The van der Waals surface area contributed by atoms with E-state index in [2.05, 4.69) is 5.32 Å². The number of hydrogen-bond acceptors (Lipinski definition) is 5. The maximum absolute atomic E-state index is 14.7. The zero-order chi connectivity index (χ0) is 22.4. The molecule has 1 N–H and O–H groups in total. The van der Waals surface area contributed by atoms with E-state index in [-0.39, 0.29) is 28.0 Å². The third kappa shape index (κ3) is 3.75. The predicted octanol–water partition coefficient (Wildman–Crippen LogP) is 4.82. The number of dihydropyridines is 1. The lowest BCUT2D eigenvalue weighted by Crippen LogP contribution is -2.32. The molecule has 31 heavy (non-hydrogen) atoms. The number of nitrogens with one attached hydrogen (secondary N) is 1. The summed E-state index contributed by atoms with van der Waals surface area (Å²) in [6, 6.07) is 3.73. The molecule has 1 aliphatic carbocycles. The van der Waals surface area contributed by atoms with Crippen LogP contribution in [0, 0.1) is 18.7 Å². The molecule has 162 valence electrons. The normalized spacial score (nSPS) is 19.5. The summed E-state index contributed by atoms with van der Waals surface area (Å²) in [7, 11) is 0. The van der Waals surface area contributed by atoms with Crippen molar-refractivity contribution < 1.29 is 18.4 Å². The van der Waals surface area contributed by atoms with E-state index < -0.39 is 11.7 Å². The van der Waals surface area contributed by atoms with E-state index in [0.717, 1.165) is 25.3 Å². The molecule has 5 nitrogen and oxygen atoms in total. The summed E-state index contributed by atoms with van der Waals surface area (Å²) < 4.78 is 20.5. The second-order valence-corrected chi connectivity index (χ2v) is 8.71. The molecule has 1 atom stereocenters. The van der Waals surface area contributed by atoms with E-state index in [9.17, 15) is 18.8 Å². The summed E-state index contributed by atoms with van der Waals surface area (Å²) in [5.74, 6) is -0.962. The van der Waals surface area contributed by atoms with Crippen molar-refractivity contribution in [2.75, 3.05) is 0 Å². The molecule has 1 unspecified atom stereocenters. The molecule has 2 aliphatic rings. The fourth-order valence-electron chi connectivity index (χ4n) is 4.79. The molecule has 1 aromatic heterocycles. The van der Waals surface area contributed by atoms with Gasteiger partial charge < -0.3 is 9.73 Å². The van der Waals surface area contributed by atoms with Crippen LogP contribution >= 0.6 is 0 Å². The highest BCUT2D eigenvalue weighted by molar-refractivity contribution is 6.05. The van der Waals surface area contributed by atoms with Crippen LogP contribution in [0.15, 0.2) is 50.0 Å². The SMILES string of the molecule is CC(=O)C1=C(C)NC(C)=C(C(=O)CC2CCC2)C1c1cc(F)cc2c(=O)cc(C)oc12. The largest absolute Gasteiger partial charge is 0.461 e. The fraction of sp³-hybridized carbons (Fsp3) is 0.400. The molecule has 0 amide bonds. The van der Waals surface area contributed by atoms with Crippen LogP contribution in [-0.2, 0) is 9.59 Å². The Kier molecular flexibility index (Phi) is 5.42. The van der Waals surface area contributed by atoms with Crippen LogP contribution in [0.25, 0.3) is 11.0 Å². The molecule has 2 aromatic rings. The molecule has 0 radical (unpaired) electrons. The fourth-order valence-corrected chi connectivity index (χ4v) is 4.79. The van der Waals surface area contributed by atoms with Crippen LogP contribution in [0.3, 0.4) is 0 Å². The lowest BCUT2D eigenvalue weighted by Gasteiger charge is -2.33. The number of allylic oxidation sites excluding steroid dienone is 4. The molecule has 1 saturated carbocycles. The van der Waals surface area contributed by atoms with Crippen LogP contribution in [-0.4, -0.2) is 11.6 Å². The van der Waals surface area contributed by atoms with E-state index in [1.807, 2.05) is 0 Å². The van der Waals surface area contributed by atoms with Gasteiger partial charge in [0.05, 0.1) is 5.39 Å². The first kappa shape index (κ1) is 21.2. The smallest absolute Gasteiger partial charge is 0.193 e. The first-order valence-electron chi connectivity index (χ1n) is 10.6. The maximum atomic E-state index is 14.7. The van der Waals surface area contributed by atoms with Gasteiger partial charge in [-0.1, -0.05) is 19.3 Å². The lowest BCUT2D eigenvalue weighted by atomic mass is 9.73. The van der Waals surface area contributed by atoms with Crippen molar-refractivity contribution in [2.24, 2.45) is 5.92 Å². The molecule has 0 spiro atoms. The minimum Gasteiger partial charge on any atom is -0.461 e. The summed E-state index contributed by atoms with van der Waals surface area (Å²) in [6.07, 6.45) is 3.54. The van der Waals surface area contributed by atoms with Crippen LogP contribution in [0.4, 0.5) is 4.39 Å². The van der Waals surface area contributed by atoms with E-state index >= 15 is 0 Å². The molecule has 6 heteroatoms. The number of aryl methyl sites for hydroxylation is 1. The van der Waals surface area contributed by atoms with Crippen molar-refractivity contribution in [2.45, 2.75) is 59.3 Å². The van der Waals surface area contributed by atoms with Crippen molar-refractivity contribution in [1.82, 2.24) is 5.32 Å². The molecule has 1 aromatic carbocycles. The number of fused-ring (bicyclic) bond motifs is 1. The molecule has 2 heterocycles. The van der Waals surface area contributed by atoms with Crippen LogP contribution < -0.4 is 10.7 Å². The molecule has 0 saturated heterocycles. The number of carbonyl (C=O) groups excluding carboxylic acids is 2. The number of hydrogen-bond donors (Lipinski definition) is 1. The highest BCUT2D eigenvalue weighted by Gasteiger charge is 2.37. The van der Waals surface area contributed by atoms with Gasteiger partial charge in [-0.15, -0.1) is 0 Å². The molecule has 1 aliphatic heterocycles. The van der Waals surface area contributed by atoms with Gasteiger partial charge in [-0.2, -0.15) is 0 Å². The van der Waals surface area contributed by atoms with Crippen LogP contribution in [0.1, 0.15) is 63.7 Å². The van der Waals surface area contributed by atoms with Gasteiger partial charge in [0.15, 0.2) is 17.0 Å². The number of Topliss-reactive ketones (excluding diaryl/α,β-unsaturated/α-hetero) is 2. The Morgan fingerprint density at radius 2 is 1.77 bits per heavy atom. The van der Waals surface area contributed by atoms with Gasteiger partial charge in [-0.05, 0) is 45.7 Å². The van der Waals surface area contributed by atoms with Gasteiger partial charge in [0.1, 0.15) is 17.2 Å². The van der Waals surface area contributed by atoms with E-state index in [1.165, 1.54) is 19.1 Å². The number of carbonyl (C=O) groups is 2. The first-order chi connectivity index (χ1) is 14.7. The van der Waals surface area contributed by atoms with Gasteiger partial charge in [0.2, 0.25) is 0 Å². The Bertz CT molecular complexity index is 1230. The summed E-state index contributed by atoms with van der Waals surface area (Å²) in [5.41, 5.74) is 2.27. The average Bonchev–Trinajstić information content (AvgIpc) is 2.63. The Balaban J connectivity index is 1.99. The van der Waals surface area contributed by atoms with Crippen molar-refractivity contribution in [1.29, 1.82) is 0 Å². The maximum Gasteiger partial charge on any atom is 0.193 e. The standard InChI is InChI=1S/C25H26FNO4/c1-12-8-20(29)18-10-17(26)11-19(25(18)31-12)24-22(15(4)28)13(2)27-14(3)23(24)21(30)9-16-6-5-7-16/h8,10-11,16,24,27H,5-7,9H2,1-4H3. The highest BCUT2D eigenvalue weighted by atomic mass is 19.1. The Morgan fingerprint density at radius 3 is 2.39 bits per heavy atom. The van der Waals surface area contributed by atoms with Gasteiger partial charge in [-0.3, -0.25) is 14.4 Å². The Hall–Kier alpha value is -3.02. The minimum absolute atomic E-state index is 0.0571. The predicted molar refractivity (Wildman–Crippen MR) is 116 cm³/mol. The monoisotopic (exact) mass is 423 g/mol. The van der Waals surface area contributed by atoms with Crippen molar-refractivity contribution in [3.8, 4) is 0 Å². The molecule has 1 fully saturated rings. The summed E-state index contributed by atoms with van der Waals surface area (Å²) in [6.45, 7) is 6.64. The van der Waals surface area contributed by atoms with Crippen LogP contribution in [0.2, 0.25) is 0 Å². The number of ketones is 2. The van der Waals surface area contributed by atoms with Gasteiger partial charge in [-0.25, -0.2) is 4.39 Å². The van der Waals surface area contributed by atoms with Crippen molar-refractivity contribution >= 4 is 22.5 Å². The topological polar surface area (TPSA) is 76.4 Å². The summed E-state index contributed by atoms with van der Waals surface area (Å²) in [5, 5.41) is 3.27. The molecular weight excluding hydrogens is 397 g/mol. The molecule has 0 bridgehead atoms. The quantitative estimate of drug-likeness (QED) is 0.746. The summed E-state index contributed by atoms with van der Waals surface area (Å²) in [4.78, 5) is 38.6. The van der Waals surface area contributed by atoms with Crippen molar-refractivity contribution in [3.05, 3.63) is 68.1 Å². The Labute approximate surface area is 180 Å². The zero-order valence-electron chi connectivity index (χ0n) is 18.2. The first-order valence-corrected chi connectivity index (χ1v) is 10.6. The van der Waals surface area contributed by atoms with E-state index in [0.29, 0.717) is 46.2 Å². The number of halogens is 1. The Morgan fingerprint density at radius 1 is 1.10 bits per heavy atom. The molecule has 4 rings (SSSR count). The second-order valence-electron chi connectivity index (χ2n) is 8.71. The van der Waals surface area contributed by atoms with Crippen LogP contribution in [0.5, 0.6) is 0 Å². The number of benzene rings is 1. The second kappa shape index (κ2) is 7.91. The zero-order valence-corrected chi connectivity index (χ0v) is 18.2. The third-order valence-corrected chi connectivity index (χ3v) is 6.40. The molecular formula is C25H26FNO4. The average molecular weight is 423 g/mol.